The highest BCUT2D eigenvalue weighted by atomic mass is 16.5. The Kier molecular flexibility index (Phi) is 3.78. The number of fused-ring (bicyclic) bond motifs is 1. The smallest absolute Gasteiger partial charge is 0.156 e. The van der Waals surface area contributed by atoms with Gasteiger partial charge >= 0.3 is 0 Å². The van der Waals surface area contributed by atoms with E-state index in [0.29, 0.717) is 0 Å². The highest BCUT2D eigenvalue weighted by Crippen LogP contribution is 2.35. The molecule has 5 nitrogen and oxygen atoms in total. The molecule has 0 amide bonds. The first-order valence-corrected chi connectivity index (χ1v) is 7.38. The molecular weight excluding hydrogens is 252 g/mol. The van der Waals surface area contributed by atoms with Crippen molar-refractivity contribution in [2.45, 2.75) is 25.9 Å². The van der Waals surface area contributed by atoms with Gasteiger partial charge in [-0.15, -0.1) is 0 Å². The lowest BCUT2D eigenvalue weighted by molar-refractivity contribution is 0.234. The normalized spacial score (nSPS) is 22.6. The van der Waals surface area contributed by atoms with Crippen LogP contribution in [0.1, 0.15) is 19.8 Å². The highest BCUT2D eigenvalue weighted by molar-refractivity contribution is 5.91. The minimum Gasteiger partial charge on any atom is -0.480 e. The van der Waals surface area contributed by atoms with E-state index in [9.17, 15) is 0 Å². The number of hydrogen-bond donors (Lipinski definition) is 2. The van der Waals surface area contributed by atoms with Crippen molar-refractivity contribution < 1.29 is 4.74 Å². The standard InChI is InChI=1S/C15H22N4O/c1-2-13-15(19-8-3-6-17-7-9-19)18-12-5-4-11(16)10-14(12)20-13/h4-5,10,13,17H,2-3,6-9,16H2,1H3. The fraction of sp³-hybridized carbons (Fsp3) is 0.533. The van der Waals surface area contributed by atoms with Crippen molar-refractivity contribution in [3.63, 3.8) is 0 Å². The maximum atomic E-state index is 6.10. The first-order valence-electron chi connectivity index (χ1n) is 7.38. The molecule has 0 radical (unpaired) electrons. The van der Waals surface area contributed by atoms with Gasteiger partial charge in [-0.1, -0.05) is 6.92 Å². The molecule has 3 N–H and O–H groups in total. The van der Waals surface area contributed by atoms with Crippen molar-refractivity contribution in [2.75, 3.05) is 31.9 Å². The van der Waals surface area contributed by atoms with Crippen LogP contribution in [0.5, 0.6) is 5.75 Å². The molecule has 0 aromatic heterocycles. The third-order valence-electron chi connectivity index (χ3n) is 3.81. The lowest BCUT2D eigenvalue weighted by Crippen LogP contribution is -2.44. The Bertz CT molecular complexity index is 507. The number of rotatable bonds is 1. The lowest BCUT2D eigenvalue weighted by Gasteiger charge is -2.33. The van der Waals surface area contributed by atoms with Crippen molar-refractivity contribution in [1.82, 2.24) is 10.2 Å². The number of amidine groups is 1. The fourth-order valence-electron chi connectivity index (χ4n) is 2.73. The van der Waals surface area contributed by atoms with Crippen LogP contribution >= 0.6 is 0 Å². The van der Waals surface area contributed by atoms with E-state index in [4.69, 9.17) is 15.5 Å². The average Bonchev–Trinajstić information content (AvgIpc) is 2.74. The van der Waals surface area contributed by atoms with E-state index < -0.39 is 0 Å². The van der Waals surface area contributed by atoms with Gasteiger partial charge in [0.2, 0.25) is 0 Å². The number of nitrogens with zero attached hydrogens (tertiary/aromatic N) is 2. The Morgan fingerprint density at radius 3 is 3.15 bits per heavy atom. The van der Waals surface area contributed by atoms with Crippen LogP contribution in [0, 0.1) is 0 Å². The lowest BCUT2D eigenvalue weighted by atomic mass is 10.1. The molecule has 1 aromatic carbocycles. The summed E-state index contributed by atoms with van der Waals surface area (Å²) in [6, 6.07) is 5.68. The fourth-order valence-corrected chi connectivity index (χ4v) is 2.73. The second-order valence-corrected chi connectivity index (χ2v) is 5.30. The molecule has 2 aliphatic heterocycles. The molecule has 1 aromatic rings. The van der Waals surface area contributed by atoms with Gasteiger partial charge in [0, 0.05) is 31.4 Å². The zero-order valence-electron chi connectivity index (χ0n) is 11.9. The Morgan fingerprint density at radius 2 is 2.30 bits per heavy atom. The topological polar surface area (TPSA) is 62.9 Å². The summed E-state index contributed by atoms with van der Waals surface area (Å²) in [7, 11) is 0. The minimum absolute atomic E-state index is 0.0300. The average molecular weight is 274 g/mol. The molecule has 2 heterocycles. The van der Waals surface area contributed by atoms with Crippen LogP contribution in [0.3, 0.4) is 0 Å². The summed E-state index contributed by atoms with van der Waals surface area (Å²) >= 11 is 0. The van der Waals surface area contributed by atoms with E-state index >= 15 is 0 Å². The van der Waals surface area contributed by atoms with E-state index in [2.05, 4.69) is 17.1 Å². The largest absolute Gasteiger partial charge is 0.480 e. The third-order valence-corrected chi connectivity index (χ3v) is 3.81. The summed E-state index contributed by atoms with van der Waals surface area (Å²) in [4.78, 5) is 7.19. The van der Waals surface area contributed by atoms with Crippen LogP contribution in [0.15, 0.2) is 23.2 Å². The number of ether oxygens (including phenoxy) is 1. The molecule has 1 saturated heterocycles. The second-order valence-electron chi connectivity index (χ2n) is 5.30. The third kappa shape index (κ3) is 2.58. The monoisotopic (exact) mass is 274 g/mol. The van der Waals surface area contributed by atoms with Crippen LogP contribution in [0.25, 0.3) is 0 Å². The summed E-state index contributed by atoms with van der Waals surface area (Å²) in [6.07, 6.45) is 2.09. The van der Waals surface area contributed by atoms with Crippen molar-refractivity contribution in [3.05, 3.63) is 18.2 Å². The molecule has 3 rings (SSSR count). The van der Waals surface area contributed by atoms with E-state index in [1.165, 1.54) is 0 Å². The summed E-state index contributed by atoms with van der Waals surface area (Å²) in [5, 5.41) is 3.42. The summed E-state index contributed by atoms with van der Waals surface area (Å²) in [5.74, 6) is 1.86. The summed E-state index contributed by atoms with van der Waals surface area (Å²) in [6.45, 7) is 6.24. The van der Waals surface area contributed by atoms with Gasteiger partial charge in [-0.3, -0.25) is 0 Å². The molecule has 5 heteroatoms. The van der Waals surface area contributed by atoms with Gasteiger partial charge in [-0.2, -0.15) is 0 Å². The predicted octanol–water partition coefficient (Wildman–Crippen LogP) is 1.77. The van der Waals surface area contributed by atoms with E-state index in [1.54, 1.807) is 0 Å². The molecule has 20 heavy (non-hydrogen) atoms. The molecule has 0 saturated carbocycles. The van der Waals surface area contributed by atoms with Crippen LogP contribution in [0.4, 0.5) is 11.4 Å². The van der Waals surface area contributed by atoms with Gasteiger partial charge in [0.05, 0.1) is 0 Å². The van der Waals surface area contributed by atoms with Gasteiger partial charge in [0.1, 0.15) is 17.3 Å². The number of hydrogen-bond acceptors (Lipinski definition) is 5. The Hall–Kier alpha value is -1.75. The number of anilines is 1. The molecule has 2 aliphatic rings. The number of nitrogens with one attached hydrogen (secondary N) is 1. The SMILES string of the molecule is CCC1Oc2cc(N)ccc2N=C1N1CCCNCC1. The van der Waals surface area contributed by atoms with Crippen LogP contribution in [-0.2, 0) is 0 Å². The van der Waals surface area contributed by atoms with Crippen molar-refractivity contribution in [2.24, 2.45) is 4.99 Å². The number of benzene rings is 1. The van der Waals surface area contributed by atoms with Gasteiger partial charge < -0.3 is 20.7 Å². The van der Waals surface area contributed by atoms with Crippen molar-refractivity contribution >= 4 is 17.2 Å². The van der Waals surface area contributed by atoms with Gasteiger partial charge in [-0.25, -0.2) is 4.99 Å². The summed E-state index contributed by atoms with van der Waals surface area (Å²) in [5.41, 5.74) is 7.42. The van der Waals surface area contributed by atoms with E-state index in [-0.39, 0.29) is 6.10 Å². The molecule has 1 atom stereocenters. The van der Waals surface area contributed by atoms with Crippen LogP contribution in [-0.4, -0.2) is 43.0 Å². The quantitative estimate of drug-likeness (QED) is 0.766. The first-order chi connectivity index (χ1) is 9.78. The maximum Gasteiger partial charge on any atom is 0.156 e. The number of aliphatic imine (C=N–C) groups is 1. The molecule has 0 spiro atoms. The zero-order valence-corrected chi connectivity index (χ0v) is 11.9. The summed E-state index contributed by atoms with van der Waals surface area (Å²) < 4.78 is 6.10. The van der Waals surface area contributed by atoms with Gasteiger partial charge in [-0.05, 0) is 31.5 Å². The predicted molar refractivity (Wildman–Crippen MR) is 81.7 cm³/mol. The van der Waals surface area contributed by atoms with Crippen LogP contribution < -0.4 is 15.8 Å². The molecule has 0 aliphatic carbocycles. The Labute approximate surface area is 119 Å². The molecule has 0 bridgehead atoms. The molecule has 108 valence electrons. The van der Waals surface area contributed by atoms with Crippen molar-refractivity contribution in [3.8, 4) is 5.75 Å². The maximum absolute atomic E-state index is 6.10. The van der Waals surface area contributed by atoms with E-state index in [0.717, 1.165) is 62.0 Å². The van der Waals surface area contributed by atoms with E-state index in [1.807, 2.05) is 18.2 Å². The Balaban J connectivity index is 1.92. The Morgan fingerprint density at radius 1 is 1.40 bits per heavy atom. The number of nitrogens with two attached hydrogens (primary N) is 1. The van der Waals surface area contributed by atoms with Crippen LogP contribution in [0.2, 0.25) is 0 Å². The van der Waals surface area contributed by atoms with Gasteiger partial charge in [0.25, 0.3) is 0 Å². The van der Waals surface area contributed by atoms with Gasteiger partial charge in [0.15, 0.2) is 6.10 Å². The minimum atomic E-state index is 0.0300. The molecule has 1 unspecified atom stereocenters. The first kappa shape index (κ1) is 13.2. The zero-order chi connectivity index (χ0) is 13.9. The molecular formula is C15H22N4O. The molecule has 1 fully saturated rings. The number of nitrogen functional groups attached to an aromatic ring is 1. The highest BCUT2D eigenvalue weighted by Gasteiger charge is 2.27. The second kappa shape index (κ2) is 5.71. The van der Waals surface area contributed by atoms with Crippen molar-refractivity contribution in [1.29, 1.82) is 0 Å².